The number of rotatable bonds is 1. The van der Waals surface area contributed by atoms with E-state index in [0.29, 0.717) is 0 Å². The molecule has 0 fully saturated rings. The second-order valence-electron chi connectivity index (χ2n) is 9.65. The summed E-state index contributed by atoms with van der Waals surface area (Å²) >= 11 is 0. The van der Waals surface area contributed by atoms with Gasteiger partial charge in [-0.2, -0.15) is 0 Å². The highest BCUT2D eigenvalue weighted by molar-refractivity contribution is 6.34. The molecule has 1 N–H and O–H groups in total. The molecule has 2 aliphatic rings. The zero-order chi connectivity index (χ0) is 23.4. The minimum absolute atomic E-state index is 0.0828. The summed E-state index contributed by atoms with van der Waals surface area (Å²) in [4.78, 5) is 5.15. The molecule has 9 rings (SSSR count). The highest BCUT2D eigenvalue weighted by Crippen LogP contribution is 2.50. The van der Waals surface area contributed by atoms with Gasteiger partial charge < -0.3 is 9.73 Å². The third kappa shape index (κ3) is 2.22. The van der Waals surface area contributed by atoms with Crippen LogP contribution in [0.15, 0.2) is 113 Å². The number of benzene rings is 4. The van der Waals surface area contributed by atoms with Crippen LogP contribution in [0.25, 0.3) is 60.3 Å². The molecule has 4 nitrogen and oxygen atoms in total. The zero-order valence-electron chi connectivity index (χ0n) is 19.2. The first kappa shape index (κ1) is 18.5. The molecule has 0 amide bonds. The van der Waals surface area contributed by atoms with Crippen molar-refractivity contribution >= 4 is 66.3 Å². The molecule has 0 radical (unpaired) electrons. The van der Waals surface area contributed by atoms with Crippen LogP contribution in [0.2, 0.25) is 0 Å². The van der Waals surface area contributed by atoms with Crippen LogP contribution >= 0.6 is 0 Å². The second-order valence-corrected chi connectivity index (χ2v) is 9.65. The first-order chi connectivity index (χ1) is 17.8. The molecule has 1 unspecified atom stereocenters. The van der Waals surface area contributed by atoms with E-state index in [2.05, 4.69) is 113 Å². The topological polar surface area (TPSA) is 41.9 Å². The van der Waals surface area contributed by atoms with Gasteiger partial charge in [-0.05, 0) is 41.5 Å². The van der Waals surface area contributed by atoms with Crippen LogP contribution in [0.1, 0.15) is 0 Å². The maximum Gasteiger partial charge on any atom is 0.162 e. The summed E-state index contributed by atoms with van der Waals surface area (Å²) in [7, 11) is 0. The number of aromatic nitrogens is 1. The third-order valence-corrected chi connectivity index (χ3v) is 7.72. The number of para-hydroxylation sites is 1. The molecule has 1 aliphatic heterocycles. The van der Waals surface area contributed by atoms with Crippen LogP contribution < -0.4 is 5.32 Å². The second kappa shape index (κ2) is 6.43. The molecule has 168 valence electrons. The van der Waals surface area contributed by atoms with Gasteiger partial charge in [0, 0.05) is 26.9 Å². The van der Waals surface area contributed by atoms with Crippen molar-refractivity contribution in [2.24, 2.45) is 4.99 Å². The Morgan fingerprint density at radius 3 is 2.58 bits per heavy atom. The standard InChI is InChI=1S/C32H19N3O/c1-2-8-18(9-3-1)19-14-15-26-21(16-19)28-27(36-26)17-22-30-32(34-24-12-6-5-11-23(24)33-30)35-25-13-7-4-10-20(25)29(28)31(22)35/h1-17,23,33H. The minimum Gasteiger partial charge on any atom is -0.456 e. The summed E-state index contributed by atoms with van der Waals surface area (Å²) in [6.45, 7) is 0. The van der Waals surface area contributed by atoms with Crippen LogP contribution in [0.5, 0.6) is 0 Å². The van der Waals surface area contributed by atoms with Crippen molar-refractivity contribution in [2.75, 3.05) is 5.32 Å². The van der Waals surface area contributed by atoms with Gasteiger partial charge in [0.2, 0.25) is 0 Å². The van der Waals surface area contributed by atoms with Crippen LogP contribution in [0, 0.1) is 0 Å². The maximum absolute atomic E-state index is 6.50. The smallest absolute Gasteiger partial charge is 0.162 e. The van der Waals surface area contributed by atoms with Crippen LogP contribution in [-0.2, 0) is 0 Å². The van der Waals surface area contributed by atoms with Gasteiger partial charge in [-0.1, -0.05) is 72.8 Å². The van der Waals surface area contributed by atoms with E-state index in [1.165, 1.54) is 38.3 Å². The Morgan fingerprint density at radius 2 is 1.64 bits per heavy atom. The van der Waals surface area contributed by atoms with Crippen molar-refractivity contribution < 1.29 is 4.42 Å². The van der Waals surface area contributed by atoms with E-state index in [9.17, 15) is 0 Å². The average molecular weight is 462 g/mol. The monoisotopic (exact) mass is 461 g/mol. The third-order valence-electron chi connectivity index (χ3n) is 7.72. The van der Waals surface area contributed by atoms with E-state index in [1.54, 1.807) is 0 Å². The number of hydrogen-bond donors (Lipinski definition) is 1. The number of anilines is 1. The number of nitrogens with one attached hydrogen (secondary N) is 1. The number of hydrogen-bond acceptors (Lipinski definition) is 3. The van der Waals surface area contributed by atoms with Gasteiger partial charge >= 0.3 is 0 Å². The van der Waals surface area contributed by atoms with Gasteiger partial charge in [0.1, 0.15) is 11.2 Å². The molecular formula is C32H19N3O. The summed E-state index contributed by atoms with van der Waals surface area (Å²) in [5.74, 6) is 0.962. The van der Waals surface area contributed by atoms with E-state index in [4.69, 9.17) is 9.41 Å². The summed E-state index contributed by atoms with van der Waals surface area (Å²) in [5, 5.41) is 9.66. The molecule has 0 bridgehead atoms. The predicted octanol–water partition coefficient (Wildman–Crippen LogP) is 8.24. The quantitative estimate of drug-likeness (QED) is 0.267. The van der Waals surface area contributed by atoms with E-state index in [0.717, 1.165) is 39.2 Å². The van der Waals surface area contributed by atoms with Gasteiger partial charge in [0.25, 0.3) is 0 Å². The molecular weight excluding hydrogens is 442 g/mol. The first-order valence-corrected chi connectivity index (χ1v) is 12.3. The number of aliphatic imine (C=N–C) groups is 1. The molecule has 0 saturated carbocycles. The molecule has 4 heterocycles. The molecule has 1 atom stereocenters. The molecule has 0 spiro atoms. The molecule has 36 heavy (non-hydrogen) atoms. The number of nitrogens with zero attached hydrogens (tertiary/aromatic N) is 2. The Hall–Kier alpha value is -4.83. The van der Waals surface area contributed by atoms with Crippen LogP contribution in [-0.4, -0.2) is 16.2 Å². The average Bonchev–Trinajstić information content (AvgIpc) is 3.57. The van der Waals surface area contributed by atoms with Gasteiger partial charge in [-0.25, -0.2) is 4.99 Å². The Kier molecular flexibility index (Phi) is 3.30. The van der Waals surface area contributed by atoms with Crippen molar-refractivity contribution in [2.45, 2.75) is 6.04 Å². The van der Waals surface area contributed by atoms with Crippen LogP contribution in [0.3, 0.4) is 0 Å². The summed E-state index contributed by atoms with van der Waals surface area (Å²) in [5.41, 5.74) is 8.68. The fourth-order valence-electron chi connectivity index (χ4n) is 6.16. The Morgan fingerprint density at radius 1 is 0.750 bits per heavy atom. The van der Waals surface area contributed by atoms with E-state index in [-0.39, 0.29) is 6.04 Å². The molecule has 0 saturated heterocycles. The van der Waals surface area contributed by atoms with Gasteiger partial charge in [0.05, 0.1) is 28.5 Å². The number of allylic oxidation sites excluding steroid dienone is 2. The lowest BCUT2D eigenvalue weighted by molar-refractivity contribution is 0.669. The number of furan rings is 1. The molecule has 7 aromatic rings. The van der Waals surface area contributed by atoms with Crippen molar-refractivity contribution in [1.29, 1.82) is 0 Å². The lowest BCUT2D eigenvalue weighted by Crippen LogP contribution is -2.29. The summed E-state index contributed by atoms with van der Waals surface area (Å²) < 4.78 is 8.83. The minimum atomic E-state index is 0.0828. The molecule has 3 aromatic heterocycles. The normalized spacial score (nSPS) is 16.8. The lowest BCUT2D eigenvalue weighted by Gasteiger charge is -2.23. The lowest BCUT2D eigenvalue weighted by atomic mass is 9.99. The van der Waals surface area contributed by atoms with Gasteiger partial charge in [-0.3, -0.25) is 4.40 Å². The molecule has 4 heteroatoms. The van der Waals surface area contributed by atoms with E-state index in [1.807, 2.05) is 0 Å². The fraction of sp³-hybridized carbons (Fsp3) is 0.0312. The van der Waals surface area contributed by atoms with Crippen molar-refractivity contribution in [3.8, 4) is 11.1 Å². The van der Waals surface area contributed by atoms with E-state index >= 15 is 0 Å². The summed E-state index contributed by atoms with van der Waals surface area (Å²) in [6.07, 6.45) is 8.39. The van der Waals surface area contributed by atoms with E-state index < -0.39 is 0 Å². The highest BCUT2D eigenvalue weighted by atomic mass is 16.3. The van der Waals surface area contributed by atoms with Crippen molar-refractivity contribution in [3.05, 3.63) is 103 Å². The maximum atomic E-state index is 6.50. The fourth-order valence-corrected chi connectivity index (χ4v) is 6.16. The highest BCUT2D eigenvalue weighted by Gasteiger charge is 2.30. The Labute approximate surface area is 205 Å². The Bertz CT molecular complexity index is 2120. The first-order valence-electron chi connectivity index (χ1n) is 12.3. The summed E-state index contributed by atoms with van der Waals surface area (Å²) in [6, 6.07) is 28.0. The SMILES string of the molecule is C1=CC2=Nc3c(c4cc5oc6ccc(-c7ccccc7)cc6c5c5c6ccccc6n3c45)NC2C=C1. The van der Waals surface area contributed by atoms with Gasteiger partial charge in [0.15, 0.2) is 5.82 Å². The zero-order valence-corrected chi connectivity index (χ0v) is 19.2. The van der Waals surface area contributed by atoms with Crippen molar-refractivity contribution in [1.82, 2.24) is 4.40 Å². The van der Waals surface area contributed by atoms with Crippen molar-refractivity contribution in [3.63, 3.8) is 0 Å². The largest absolute Gasteiger partial charge is 0.456 e. The van der Waals surface area contributed by atoms with Crippen LogP contribution in [0.4, 0.5) is 11.5 Å². The molecule has 1 aliphatic carbocycles. The predicted molar refractivity (Wildman–Crippen MR) is 149 cm³/mol. The number of fused-ring (bicyclic) bond motifs is 11. The molecule has 4 aromatic carbocycles. The Balaban J connectivity index is 1.47. The van der Waals surface area contributed by atoms with Gasteiger partial charge in [-0.15, -0.1) is 0 Å².